The quantitative estimate of drug-likeness (QED) is 0.880. The fraction of sp³-hybridized carbons (Fsp3) is 0.381. The van der Waals surface area contributed by atoms with Crippen LogP contribution in [0.15, 0.2) is 54.6 Å². The summed E-state index contributed by atoms with van der Waals surface area (Å²) < 4.78 is 5.44. The van der Waals surface area contributed by atoms with Crippen LogP contribution in [-0.4, -0.2) is 30.8 Å². The van der Waals surface area contributed by atoms with E-state index in [1.165, 1.54) is 0 Å². The van der Waals surface area contributed by atoms with Gasteiger partial charge >= 0.3 is 0 Å². The summed E-state index contributed by atoms with van der Waals surface area (Å²) >= 11 is 0. The van der Waals surface area contributed by atoms with Gasteiger partial charge in [0.05, 0.1) is 6.54 Å². The molecule has 0 radical (unpaired) electrons. The van der Waals surface area contributed by atoms with Gasteiger partial charge in [-0.2, -0.15) is 0 Å². The zero-order chi connectivity index (χ0) is 17.7. The molecule has 1 aliphatic rings. The van der Waals surface area contributed by atoms with Gasteiger partial charge in [-0.3, -0.25) is 4.79 Å². The molecule has 4 heteroatoms. The van der Waals surface area contributed by atoms with Crippen LogP contribution in [0.5, 0.6) is 0 Å². The summed E-state index contributed by atoms with van der Waals surface area (Å²) in [7, 11) is 0. The summed E-state index contributed by atoms with van der Waals surface area (Å²) in [5, 5.41) is 14.4. The molecule has 0 aromatic heterocycles. The number of ether oxygens (including phenoxy) is 1. The molecule has 1 heterocycles. The number of benzene rings is 2. The molecule has 1 saturated heterocycles. The van der Waals surface area contributed by atoms with Crippen molar-refractivity contribution in [2.45, 2.75) is 25.4 Å². The zero-order valence-electron chi connectivity index (χ0n) is 14.6. The van der Waals surface area contributed by atoms with E-state index in [0.717, 1.165) is 24.0 Å². The van der Waals surface area contributed by atoms with E-state index in [4.69, 9.17) is 4.74 Å². The Morgan fingerprint density at radius 2 is 1.76 bits per heavy atom. The molecule has 1 atom stereocenters. The highest BCUT2D eigenvalue weighted by Crippen LogP contribution is 2.35. The van der Waals surface area contributed by atoms with E-state index in [1.54, 1.807) is 6.07 Å². The molecule has 1 fully saturated rings. The predicted molar refractivity (Wildman–Crippen MR) is 97.4 cm³/mol. The molecular weight excluding hydrogens is 314 g/mol. The highest BCUT2D eigenvalue weighted by atomic mass is 16.5. The minimum Gasteiger partial charge on any atom is -0.383 e. The van der Waals surface area contributed by atoms with Crippen molar-refractivity contribution in [3.8, 4) is 0 Å². The van der Waals surface area contributed by atoms with E-state index in [-0.39, 0.29) is 18.4 Å². The number of hydrogen-bond acceptors (Lipinski definition) is 3. The molecule has 4 nitrogen and oxygen atoms in total. The minimum atomic E-state index is -1.09. The second kappa shape index (κ2) is 7.81. The van der Waals surface area contributed by atoms with Crippen LogP contribution in [0, 0.1) is 12.8 Å². The lowest BCUT2D eigenvalue weighted by Gasteiger charge is -2.39. The molecule has 3 rings (SSSR count). The smallest absolute Gasteiger partial charge is 0.251 e. The van der Waals surface area contributed by atoms with Crippen molar-refractivity contribution in [2.24, 2.45) is 5.92 Å². The van der Waals surface area contributed by atoms with Crippen LogP contribution >= 0.6 is 0 Å². The normalized spacial score (nSPS) is 17.7. The van der Waals surface area contributed by atoms with Crippen molar-refractivity contribution < 1.29 is 14.6 Å². The lowest BCUT2D eigenvalue weighted by atomic mass is 9.77. The first-order valence-electron chi connectivity index (χ1n) is 8.81. The Bertz CT molecular complexity index is 710. The Morgan fingerprint density at radius 3 is 2.44 bits per heavy atom. The number of rotatable bonds is 5. The van der Waals surface area contributed by atoms with Gasteiger partial charge in [-0.1, -0.05) is 48.5 Å². The molecule has 2 aromatic rings. The maximum atomic E-state index is 12.6. The maximum absolute atomic E-state index is 12.6. The topological polar surface area (TPSA) is 58.6 Å². The second-order valence-electron chi connectivity index (χ2n) is 6.67. The number of hydrogen-bond donors (Lipinski definition) is 2. The van der Waals surface area contributed by atoms with Gasteiger partial charge in [0.15, 0.2) is 0 Å². The van der Waals surface area contributed by atoms with Gasteiger partial charge in [0.25, 0.3) is 5.91 Å². The average Bonchev–Trinajstić information content (AvgIpc) is 2.67. The summed E-state index contributed by atoms with van der Waals surface area (Å²) in [6.45, 7) is 3.39. The SMILES string of the molecule is Cc1ccccc1C(=O)NC[C@@](O)(c1ccccc1)C1CCOCC1. The summed E-state index contributed by atoms with van der Waals surface area (Å²) in [4.78, 5) is 12.6. The Hall–Kier alpha value is -2.17. The van der Waals surface area contributed by atoms with Gasteiger partial charge in [-0.05, 0) is 42.9 Å². The van der Waals surface area contributed by atoms with Crippen LogP contribution in [0.25, 0.3) is 0 Å². The van der Waals surface area contributed by atoms with E-state index in [0.29, 0.717) is 18.8 Å². The summed E-state index contributed by atoms with van der Waals surface area (Å²) in [5.41, 5.74) is 1.31. The van der Waals surface area contributed by atoms with Gasteiger partial charge in [-0.25, -0.2) is 0 Å². The molecule has 1 aliphatic heterocycles. The Morgan fingerprint density at radius 1 is 1.12 bits per heavy atom. The van der Waals surface area contributed by atoms with E-state index in [2.05, 4.69) is 5.32 Å². The summed E-state index contributed by atoms with van der Waals surface area (Å²) in [6.07, 6.45) is 1.57. The standard InChI is InChI=1S/C21H25NO3/c1-16-7-5-6-10-19(16)20(23)22-15-21(24,17-8-3-2-4-9-17)18-11-13-25-14-12-18/h2-10,18,24H,11-15H2,1H3,(H,22,23)/t21-/m1/s1. The van der Waals surface area contributed by atoms with Crippen molar-refractivity contribution in [1.29, 1.82) is 0 Å². The van der Waals surface area contributed by atoms with Crippen LogP contribution in [0.3, 0.4) is 0 Å². The lowest BCUT2D eigenvalue weighted by molar-refractivity contribution is -0.0680. The second-order valence-corrected chi connectivity index (χ2v) is 6.67. The molecule has 0 bridgehead atoms. The zero-order valence-corrected chi connectivity index (χ0v) is 14.6. The van der Waals surface area contributed by atoms with E-state index in [1.807, 2.05) is 55.5 Å². The number of nitrogens with one attached hydrogen (secondary N) is 1. The number of amides is 1. The van der Waals surface area contributed by atoms with E-state index >= 15 is 0 Å². The monoisotopic (exact) mass is 339 g/mol. The van der Waals surface area contributed by atoms with Crippen molar-refractivity contribution >= 4 is 5.91 Å². The maximum Gasteiger partial charge on any atom is 0.251 e. The van der Waals surface area contributed by atoms with Crippen LogP contribution in [0.1, 0.15) is 34.3 Å². The molecule has 2 N–H and O–H groups in total. The summed E-state index contributed by atoms with van der Waals surface area (Å²) in [5.74, 6) is -0.0969. The molecule has 1 amide bonds. The summed E-state index contributed by atoms with van der Waals surface area (Å²) in [6, 6.07) is 17.1. The molecule has 0 spiro atoms. The molecule has 0 saturated carbocycles. The first-order valence-corrected chi connectivity index (χ1v) is 8.81. The van der Waals surface area contributed by atoms with Crippen molar-refractivity contribution in [3.05, 3.63) is 71.3 Å². The van der Waals surface area contributed by atoms with Crippen LogP contribution < -0.4 is 5.32 Å². The van der Waals surface area contributed by atoms with Crippen LogP contribution in [0.2, 0.25) is 0 Å². The molecule has 132 valence electrons. The third-order valence-corrected chi connectivity index (χ3v) is 5.08. The fourth-order valence-corrected chi connectivity index (χ4v) is 3.52. The number of carbonyl (C=O) groups is 1. The minimum absolute atomic E-state index is 0.0563. The van der Waals surface area contributed by atoms with Crippen molar-refractivity contribution in [3.63, 3.8) is 0 Å². The Labute approximate surface area is 148 Å². The van der Waals surface area contributed by atoms with Crippen molar-refractivity contribution in [1.82, 2.24) is 5.32 Å². The Balaban J connectivity index is 1.80. The van der Waals surface area contributed by atoms with Gasteiger partial charge in [0, 0.05) is 18.8 Å². The van der Waals surface area contributed by atoms with E-state index < -0.39 is 5.60 Å². The predicted octanol–water partition coefficient (Wildman–Crippen LogP) is 3.04. The van der Waals surface area contributed by atoms with Crippen LogP contribution in [0.4, 0.5) is 0 Å². The van der Waals surface area contributed by atoms with E-state index in [9.17, 15) is 9.90 Å². The van der Waals surface area contributed by atoms with Crippen molar-refractivity contribution in [2.75, 3.05) is 19.8 Å². The van der Waals surface area contributed by atoms with Crippen LogP contribution in [-0.2, 0) is 10.3 Å². The third-order valence-electron chi connectivity index (χ3n) is 5.08. The average molecular weight is 339 g/mol. The fourth-order valence-electron chi connectivity index (χ4n) is 3.52. The number of carbonyl (C=O) groups excluding carboxylic acids is 1. The molecule has 0 unspecified atom stereocenters. The molecule has 2 aromatic carbocycles. The highest BCUT2D eigenvalue weighted by Gasteiger charge is 2.39. The lowest BCUT2D eigenvalue weighted by Crippen LogP contribution is -2.47. The number of aryl methyl sites for hydroxylation is 1. The molecule has 0 aliphatic carbocycles. The number of aliphatic hydroxyl groups is 1. The van der Waals surface area contributed by atoms with Gasteiger partial charge in [0.1, 0.15) is 5.60 Å². The first kappa shape index (κ1) is 17.6. The highest BCUT2D eigenvalue weighted by molar-refractivity contribution is 5.95. The molecule has 25 heavy (non-hydrogen) atoms. The molecular formula is C21H25NO3. The third kappa shape index (κ3) is 3.91. The van der Waals surface area contributed by atoms with Gasteiger partial charge in [0.2, 0.25) is 0 Å². The first-order chi connectivity index (χ1) is 12.1. The van der Waals surface area contributed by atoms with Gasteiger partial charge < -0.3 is 15.2 Å². The van der Waals surface area contributed by atoms with Gasteiger partial charge in [-0.15, -0.1) is 0 Å². The largest absolute Gasteiger partial charge is 0.383 e. The Kier molecular flexibility index (Phi) is 5.51.